The monoisotopic (exact) mass is 487 g/mol. The van der Waals surface area contributed by atoms with E-state index in [2.05, 4.69) is 15.0 Å². The van der Waals surface area contributed by atoms with Crippen LogP contribution in [0, 0.1) is 6.92 Å². The van der Waals surface area contributed by atoms with Gasteiger partial charge in [-0.05, 0) is 53.9 Å². The summed E-state index contributed by atoms with van der Waals surface area (Å²) in [5, 5.41) is 2.89. The van der Waals surface area contributed by atoms with Gasteiger partial charge in [-0.3, -0.25) is 4.79 Å². The number of benzene rings is 2. The van der Waals surface area contributed by atoms with E-state index in [-0.39, 0.29) is 23.2 Å². The standard InChI is InChI=1S/C24H23F2N3O4S/c1-16-20(17-5-8-19(9-6-17)33-24(25)26)3-2-4-21(16)28-23(30)18-7-10-22(27-15-18)29-11-13-34(31,32)14-12-29/h2-10,15,24H,11-14H2,1H3,(H,28,30). The predicted octanol–water partition coefficient (Wildman–Crippen LogP) is 4.15. The molecule has 1 aliphatic heterocycles. The molecule has 1 aliphatic rings. The van der Waals surface area contributed by atoms with E-state index in [1.165, 1.54) is 18.3 Å². The Labute approximate surface area is 196 Å². The fraction of sp³-hybridized carbons (Fsp3) is 0.250. The minimum absolute atomic E-state index is 0.0722. The van der Waals surface area contributed by atoms with Gasteiger partial charge in [-0.15, -0.1) is 0 Å². The van der Waals surface area contributed by atoms with Gasteiger partial charge in [0.1, 0.15) is 11.6 Å². The van der Waals surface area contributed by atoms with Gasteiger partial charge in [0.05, 0.1) is 17.1 Å². The third-order valence-corrected chi connectivity index (χ3v) is 7.26. The lowest BCUT2D eigenvalue weighted by molar-refractivity contribution is -0.0498. The highest BCUT2D eigenvalue weighted by Gasteiger charge is 2.22. The smallest absolute Gasteiger partial charge is 0.387 e. The van der Waals surface area contributed by atoms with E-state index >= 15 is 0 Å². The summed E-state index contributed by atoms with van der Waals surface area (Å²) in [4.78, 5) is 19.0. The Bertz CT molecular complexity index is 1270. The number of hydrogen-bond acceptors (Lipinski definition) is 6. The summed E-state index contributed by atoms with van der Waals surface area (Å²) in [6, 6.07) is 15.1. The first kappa shape index (κ1) is 23.6. The molecule has 0 radical (unpaired) electrons. The third kappa shape index (κ3) is 5.51. The van der Waals surface area contributed by atoms with E-state index in [1.54, 1.807) is 36.4 Å². The number of carbonyl (C=O) groups is 1. The third-order valence-electron chi connectivity index (χ3n) is 5.65. The molecule has 2 aromatic carbocycles. The number of halogens is 2. The zero-order chi connectivity index (χ0) is 24.3. The van der Waals surface area contributed by atoms with Crippen LogP contribution in [0.4, 0.5) is 20.3 Å². The van der Waals surface area contributed by atoms with Crippen LogP contribution < -0.4 is 15.0 Å². The van der Waals surface area contributed by atoms with Gasteiger partial charge in [-0.25, -0.2) is 13.4 Å². The topological polar surface area (TPSA) is 88.6 Å². The number of anilines is 2. The zero-order valence-corrected chi connectivity index (χ0v) is 19.2. The maximum Gasteiger partial charge on any atom is 0.387 e. The van der Waals surface area contributed by atoms with Gasteiger partial charge in [-0.1, -0.05) is 24.3 Å². The average molecular weight is 488 g/mol. The largest absolute Gasteiger partial charge is 0.435 e. The first-order valence-corrected chi connectivity index (χ1v) is 12.4. The van der Waals surface area contributed by atoms with Crippen LogP contribution in [0.25, 0.3) is 11.1 Å². The van der Waals surface area contributed by atoms with Gasteiger partial charge < -0.3 is 15.0 Å². The molecule has 34 heavy (non-hydrogen) atoms. The fourth-order valence-corrected chi connectivity index (χ4v) is 4.94. The van der Waals surface area contributed by atoms with Crippen LogP contribution in [0.2, 0.25) is 0 Å². The Morgan fingerprint density at radius 3 is 2.38 bits per heavy atom. The number of pyridine rings is 1. The number of alkyl halides is 2. The normalized spacial score (nSPS) is 15.2. The van der Waals surface area contributed by atoms with Crippen molar-refractivity contribution >= 4 is 27.2 Å². The van der Waals surface area contributed by atoms with Crippen LogP contribution in [0.1, 0.15) is 15.9 Å². The Kier molecular flexibility index (Phi) is 6.78. The summed E-state index contributed by atoms with van der Waals surface area (Å²) in [5.41, 5.74) is 3.43. The molecule has 0 unspecified atom stereocenters. The SMILES string of the molecule is Cc1c(NC(=O)c2ccc(N3CCS(=O)(=O)CC3)nc2)cccc1-c1ccc(OC(F)F)cc1. The second kappa shape index (κ2) is 9.76. The molecule has 4 rings (SSSR count). The highest BCUT2D eigenvalue weighted by Crippen LogP contribution is 2.30. The molecule has 0 aliphatic carbocycles. The lowest BCUT2D eigenvalue weighted by Gasteiger charge is -2.27. The number of hydrogen-bond donors (Lipinski definition) is 1. The van der Waals surface area contributed by atoms with Crippen LogP contribution in [0.5, 0.6) is 5.75 Å². The van der Waals surface area contributed by atoms with Crippen molar-refractivity contribution in [2.75, 3.05) is 34.8 Å². The summed E-state index contributed by atoms with van der Waals surface area (Å²) in [6.45, 7) is -0.268. The van der Waals surface area contributed by atoms with Crippen molar-refractivity contribution in [1.29, 1.82) is 0 Å². The molecule has 0 atom stereocenters. The molecular formula is C24H23F2N3O4S. The van der Waals surface area contributed by atoms with Crippen LogP contribution in [0.3, 0.4) is 0 Å². The zero-order valence-electron chi connectivity index (χ0n) is 18.4. The van der Waals surface area contributed by atoms with Gasteiger partial charge in [0, 0.05) is 25.0 Å². The molecule has 3 aromatic rings. The molecule has 10 heteroatoms. The molecule has 0 bridgehead atoms. The predicted molar refractivity (Wildman–Crippen MR) is 126 cm³/mol. The van der Waals surface area contributed by atoms with Crippen molar-refractivity contribution in [2.45, 2.75) is 13.5 Å². The van der Waals surface area contributed by atoms with Crippen LogP contribution in [-0.2, 0) is 9.84 Å². The van der Waals surface area contributed by atoms with Crippen molar-refractivity contribution in [2.24, 2.45) is 0 Å². The highest BCUT2D eigenvalue weighted by atomic mass is 32.2. The van der Waals surface area contributed by atoms with Gasteiger partial charge in [0.25, 0.3) is 5.91 Å². The molecule has 1 saturated heterocycles. The first-order chi connectivity index (χ1) is 16.2. The molecule has 1 amide bonds. The minimum Gasteiger partial charge on any atom is -0.435 e. The number of nitrogens with zero attached hydrogens (tertiary/aromatic N) is 2. The summed E-state index contributed by atoms with van der Waals surface area (Å²) < 4.78 is 52.4. The quantitative estimate of drug-likeness (QED) is 0.562. The van der Waals surface area contributed by atoms with Gasteiger partial charge in [0.15, 0.2) is 9.84 Å². The van der Waals surface area contributed by atoms with Crippen LogP contribution in [0.15, 0.2) is 60.8 Å². The lowest BCUT2D eigenvalue weighted by atomic mass is 9.99. The van der Waals surface area contributed by atoms with E-state index in [0.717, 1.165) is 16.7 Å². The summed E-state index contributed by atoms with van der Waals surface area (Å²) in [5.74, 6) is 0.552. The van der Waals surface area contributed by atoms with E-state index in [1.807, 2.05) is 17.9 Å². The Morgan fingerprint density at radius 2 is 1.76 bits per heavy atom. The number of aromatic nitrogens is 1. The maximum atomic E-state index is 12.8. The van der Waals surface area contributed by atoms with Gasteiger partial charge in [0.2, 0.25) is 0 Å². The second-order valence-electron chi connectivity index (χ2n) is 7.88. The van der Waals surface area contributed by atoms with E-state index < -0.39 is 16.4 Å². The van der Waals surface area contributed by atoms with E-state index in [4.69, 9.17) is 0 Å². The molecular weight excluding hydrogens is 464 g/mol. The summed E-state index contributed by atoms with van der Waals surface area (Å²) in [7, 11) is -2.98. The highest BCUT2D eigenvalue weighted by molar-refractivity contribution is 7.91. The molecule has 2 heterocycles. The molecule has 0 saturated carbocycles. The Balaban J connectivity index is 1.46. The summed E-state index contributed by atoms with van der Waals surface area (Å²) >= 11 is 0. The summed E-state index contributed by atoms with van der Waals surface area (Å²) in [6.07, 6.45) is 1.47. The molecule has 1 aromatic heterocycles. The Morgan fingerprint density at radius 1 is 1.06 bits per heavy atom. The molecule has 7 nitrogen and oxygen atoms in total. The lowest BCUT2D eigenvalue weighted by Crippen LogP contribution is -2.40. The van der Waals surface area contributed by atoms with Crippen LogP contribution in [-0.4, -0.2) is 50.5 Å². The average Bonchev–Trinajstić information content (AvgIpc) is 2.81. The fourth-order valence-electron chi connectivity index (χ4n) is 3.74. The first-order valence-electron chi connectivity index (χ1n) is 10.6. The van der Waals surface area contributed by atoms with Crippen molar-refractivity contribution in [3.63, 3.8) is 0 Å². The molecule has 178 valence electrons. The number of nitrogens with one attached hydrogen (secondary N) is 1. The van der Waals surface area contributed by atoms with Crippen molar-refractivity contribution in [3.8, 4) is 16.9 Å². The Hall–Kier alpha value is -3.53. The van der Waals surface area contributed by atoms with Crippen molar-refractivity contribution in [3.05, 3.63) is 71.9 Å². The molecule has 1 fully saturated rings. The van der Waals surface area contributed by atoms with Crippen molar-refractivity contribution < 1.29 is 26.7 Å². The number of sulfone groups is 1. The minimum atomic E-state index is -2.98. The number of amides is 1. The molecule has 1 N–H and O–H groups in total. The van der Waals surface area contributed by atoms with Crippen LogP contribution >= 0.6 is 0 Å². The van der Waals surface area contributed by atoms with E-state index in [0.29, 0.717) is 30.2 Å². The molecule has 0 spiro atoms. The number of rotatable bonds is 6. The maximum absolute atomic E-state index is 12.8. The van der Waals surface area contributed by atoms with Gasteiger partial charge >= 0.3 is 6.61 Å². The number of ether oxygens (including phenoxy) is 1. The van der Waals surface area contributed by atoms with Gasteiger partial charge in [-0.2, -0.15) is 8.78 Å². The second-order valence-corrected chi connectivity index (χ2v) is 10.2. The van der Waals surface area contributed by atoms with Crippen molar-refractivity contribution in [1.82, 2.24) is 4.98 Å². The number of carbonyl (C=O) groups excluding carboxylic acids is 1. The van der Waals surface area contributed by atoms with E-state index in [9.17, 15) is 22.0 Å².